The topological polar surface area (TPSA) is 0 Å². The Hall–Kier alpha value is -1.06. The van der Waals surface area contributed by atoms with Gasteiger partial charge < -0.3 is 0 Å². The summed E-state index contributed by atoms with van der Waals surface area (Å²) in [5.74, 6) is -5.31. The summed E-state index contributed by atoms with van der Waals surface area (Å²) in [6, 6.07) is 0. The molecule has 0 aromatic heterocycles. The van der Waals surface area contributed by atoms with Crippen LogP contribution in [0.4, 0.5) is 17.6 Å². The molecule has 0 saturated carbocycles. The van der Waals surface area contributed by atoms with Gasteiger partial charge in [0.05, 0.1) is 0 Å². The van der Waals surface area contributed by atoms with E-state index >= 15 is 0 Å². The van der Waals surface area contributed by atoms with Crippen molar-refractivity contribution in [1.82, 2.24) is 0 Å². The molecule has 0 radical (unpaired) electrons. The van der Waals surface area contributed by atoms with Crippen LogP contribution in [0.1, 0.15) is 45.2 Å². The summed E-state index contributed by atoms with van der Waals surface area (Å²) in [5.41, 5.74) is -1.26. The summed E-state index contributed by atoms with van der Waals surface area (Å²) in [6.45, 7) is 10.2. The first kappa shape index (κ1) is 18.3. The fourth-order valence-electron chi connectivity index (χ4n) is 0.851. The lowest BCUT2D eigenvalue weighted by Gasteiger charge is -2.04. The SMILES string of the molecule is CC.CCC.Cc1c(F)c(F)c(C)c(F)c1F. The summed E-state index contributed by atoms with van der Waals surface area (Å²) in [5, 5.41) is 0. The van der Waals surface area contributed by atoms with E-state index in [4.69, 9.17) is 0 Å². The van der Waals surface area contributed by atoms with Gasteiger partial charge >= 0.3 is 0 Å². The molecule has 0 saturated heterocycles. The number of halogens is 4. The first-order valence-corrected chi connectivity index (χ1v) is 5.67. The van der Waals surface area contributed by atoms with Gasteiger partial charge in [0.1, 0.15) is 0 Å². The highest BCUT2D eigenvalue weighted by Crippen LogP contribution is 2.22. The molecule has 0 unspecified atom stereocenters. The van der Waals surface area contributed by atoms with E-state index in [-0.39, 0.29) is 0 Å². The van der Waals surface area contributed by atoms with Gasteiger partial charge in [0, 0.05) is 11.1 Å². The Morgan fingerprint density at radius 1 is 0.647 bits per heavy atom. The second-order valence-corrected chi connectivity index (χ2v) is 3.21. The summed E-state index contributed by atoms with van der Waals surface area (Å²) in [7, 11) is 0. The molecule has 0 nitrogen and oxygen atoms in total. The third-order valence-electron chi connectivity index (χ3n) is 1.70. The van der Waals surface area contributed by atoms with E-state index in [1.54, 1.807) is 0 Å². The molecule has 0 spiro atoms. The van der Waals surface area contributed by atoms with E-state index in [1.165, 1.54) is 6.42 Å². The molecule has 0 heterocycles. The van der Waals surface area contributed by atoms with Crippen molar-refractivity contribution in [2.45, 2.75) is 48.0 Å². The van der Waals surface area contributed by atoms with Gasteiger partial charge in [-0.3, -0.25) is 0 Å². The predicted octanol–water partition coefficient (Wildman–Crippen LogP) is 5.30. The molecule has 0 aliphatic carbocycles. The molecular formula is C13H20F4. The fourth-order valence-corrected chi connectivity index (χ4v) is 0.851. The molecule has 0 atom stereocenters. The number of hydrogen-bond donors (Lipinski definition) is 0. The first-order chi connectivity index (χ1) is 7.88. The summed E-state index contributed by atoms with van der Waals surface area (Å²) in [4.78, 5) is 0. The number of hydrogen-bond acceptors (Lipinski definition) is 0. The molecule has 0 N–H and O–H groups in total. The average Bonchev–Trinajstić information content (AvgIpc) is 2.35. The van der Waals surface area contributed by atoms with Gasteiger partial charge in [-0.25, -0.2) is 17.6 Å². The molecule has 1 aromatic rings. The second kappa shape index (κ2) is 9.02. The number of rotatable bonds is 0. The van der Waals surface area contributed by atoms with Gasteiger partial charge in [-0.2, -0.15) is 0 Å². The van der Waals surface area contributed by atoms with E-state index in [0.29, 0.717) is 0 Å². The fraction of sp³-hybridized carbons (Fsp3) is 0.538. The van der Waals surface area contributed by atoms with Gasteiger partial charge in [-0.1, -0.05) is 34.1 Å². The molecule has 0 bridgehead atoms. The minimum atomic E-state index is -1.33. The van der Waals surface area contributed by atoms with Crippen LogP contribution in [0.3, 0.4) is 0 Å². The van der Waals surface area contributed by atoms with Crippen molar-refractivity contribution < 1.29 is 17.6 Å². The van der Waals surface area contributed by atoms with Crippen molar-refractivity contribution in [3.63, 3.8) is 0 Å². The maximum absolute atomic E-state index is 12.7. The van der Waals surface area contributed by atoms with Crippen molar-refractivity contribution in [3.8, 4) is 0 Å². The van der Waals surface area contributed by atoms with Crippen LogP contribution in [0.15, 0.2) is 0 Å². The lowest BCUT2D eigenvalue weighted by molar-refractivity contribution is 0.436. The highest BCUT2D eigenvalue weighted by Gasteiger charge is 2.19. The minimum Gasteiger partial charge on any atom is -0.203 e. The van der Waals surface area contributed by atoms with Crippen LogP contribution >= 0.6 is 0 Å². The van der Waals surface area contributed by atoms with Crippen LogP contribution in [0.5, 0.6) is 0 Å². The molecule has 0 aliphatic rings. The van der Waals surface area contributed by atoms with E-state index in [2.05, 4.69) is 13.8 Å². The van der Waals surface area contributed by atoms with E-state index in [1.807, 2.05) is 13.8 Å². The van der Waals surface area contributed by atoms with Crippen molar-refractivity contribution >= 4 is 0 Å². The average molecular weight is 252 g/mol. The van der Waals surface area contributed by atoms with Crippen LogP contribution in [-0.2, 0) is 0 Å². The third-order valence-corrected chi connectivity index (χ3v) is 1.70. The summed E-state index contributed by atoms with van der Waals surface area (Å²) in [6.07, 6.45) is 1.25. The molecule has 1 aromatic carbocycles. The Morgan fingerprint density at radius 2 is 0.765 bits per heavy atom. The van der Waals surface area contributed by atoms with E-state index < -0.39 is 34.4 Å². The predicted molar refractivity (Wildman–Crippen MR) is 63.1 cm³/mol. The normalized spacial score (nSPS) is 8.82. The lowest BCUT2D eigenvalue weighted by atomic mass is 10.1. The molecule has 17 heavy (non-hydrogen) atoms. The van der Waals surface area contributed by atoms with Crippen LogP contribution in [0.25, 0.3) is 0 Å². The van der Waals surface area contributed by atoms with Gasteiger partial charge in [-0.15, -0.1) is 0 Å². The Balaban J connectivity index is 0. The molecule has 4 heteroatoms. The van der Waals surface area contributed by atoms with Crippen LogP contribution in [0, 0.1) is 37.1 Å². The van der Waals surface area contributed by atoms with Crippen molar-refractivity contribution in [1.29, 1.82) is 0 Å². The quantitative estimate of drug-likeness (QED) is 0.434. The Labute approximate surface area is 101 Å². The van der Waals surface area contributed by atoms with Gasteiger partial charge in [0.25, 0.3) is 0 Å². The lowest BCUT2D eigenvalue weighted by Crippen LogP contribution is -2.02. The van der Waals surface area contributed by atoms with Gasteiger partial charge in [0.2, 0.25) is 0 Å². The highest BCUT2D eigenvalue weighted by molar-refractivity contribution is 5.27. The zero-order chi connectivity index (χ0) is 14.2. The standard InChI is InChI=1S/C8H6F4.C3H8.C2H6/c1-3-5(9)7(11)4(2)8(12)6(3)10;1-3-2;1-2/h1-2H3;3H2,1-2H3;1-2H3. The zero-order valence-electron chi connectivity index (χ0n) is 11.2. The van der Waals surface area contributed by atoms with Crippen LogP contribution < -0.4 is 0 Å². The minimum absolute atomic E-state index is 0.629. The van der Waals surface area contributed by atoms with Crippen molar-refractivity contribution in [2.75, 3.05) is 0 Å². The Kier molecular flexibility index (Phi) is 9.72. The van der Waals surface area contributed by atoms with E-state index in [0.717, 1.165) is 13.8 Å². The van der Waals surface area contributed by atoms with Gasteiger partial charge in [0.15, 0.2) is 23.3 Å². The smallest absolute Gasteiger partial charge is 0.165 e. The van der Waals surface area contributed by atoms with Crippen molar-refractivity contribution in [3.05, 3.63) is 34.4 Å². The molecule has 1 rings (SSSR count). The second-order valence-electron chi connectivity index (χ2n) is 3.21. The zero-order valence-corrected chi connectivity index (χ0v) is 11.2. The third kappa shape index (κ3) is 4.75. The van der Waals surface area contributed by atoms with E-state index in [9.17, 15) is 17.6 Å². The maximum Gasteiger partial charge on any atom is 0.165 e. The molecule has 0 aliphatic heterocycles. The first-order valence-electron chi connectivity index (χ1n) is 5.67. The molecular weight excluding hydrogens is 232 g/mol. The van der Waals surface area contributed by atoms with Crippen molar-refractivity contribution in [2.24, 2.45) is 0 Å². The van der Waals surface area contributed by atoms with Crippen LogP contribution in [-0.4, -0.2) is 0 Å². The molecule has 100 valence electrons. The van der Waals surface area contributed by atoms with Gasteiger partial charge in [-0.05, 0) is 13.8 Å². The largest absolute Gasteiger partial charge is 0.203 e. The summed E-state index contributed by atoms with van der Waals surface area (Å²) < 4.78 is 50.6. The summed E-state index contributed by atoms with van der Waals surface area (Å²) >= 11 is 0. The Morgan fingerprint density at radius 3 is 0.882 bits per heavy atom. The molecule has 0 amide bonds. The Bertz CT molecular complexity index is 241. The monoisotopic (exact) mass is 252 g/mol. The van der Waals surface area contributed by atoms with Crippen LogP contribution in [0.2, 0.25) is 0 Å². The highest BCUT2D eigenvalue weighted by atomic mass is 19.2. The number of benzene rings is 1. The maximum atomic E-state index is 12.7. The molecule has 0 fully saturated rings.